The van der Waals surface area contributed by atoms with Crippen LogP contribution in [0.3, 0.4) is 0 Å². The molecule has 0 aliphatic carbocycles. The standard InChI is InChI=1S/C14H15BrN2O/c15-12-3-1-2-11(7-12)13-9-17-18-14(13)6-10-4-5-16-8-10/h1-3,7,9-10,16H,4-6,8H2. The van der Waals surface area contributed by atoms with Gasteiger partial charge in [-0.05, 0) is 43.1 Å². The molecule has 1 atom stereocenters. The summed E-state index contributed by atoms with van der Waals surface area (Å²) >= 11 is 3.50. The molecular formula is C14H15BrN2O. The monoisotopic (exact) mass is 306 g/mol. The summed E-state index contributed by atoms with van der Waals surface area (Å²) < 4.78 is 6.51. The highest BCUT2D eigenvalue weighted by molar-refractivity contribution is 9.10. The van der Waals surface area contributed by atoms with Gasteiger partial charge in [-0.25, -0.2) is 0 Å². The van der Waals surface area contributed by atoms with E-state index in [0.29, 0.717) is 5.92 Å². The minimum Gasteiger partial charge on any atom is -0.361 e. The van der Waals surface area contributed by atoms with Crippen molar-refractivity contribution in [2.75, 3.05) is 13.1 Å². The summed E-state index contributed by atoms with van der Waals surface area (Å²) in [7, 11) is 0. The van der Waals surface area contributed by atoms with Gasteiger partial charge in [0.05, 0.1) is 6.20 Å². The second-order valence-corrected chi connectivity index (χ2v) is 5.65. The first-order chi connectivity index (χ1) is 8.83. The summed E-state index contributed by atoms with van der Waals surface area (Å²) in [6, 6.07) is 8.25. The van der Waals surface area contributed by atoms with Crippen molar-refractivity contribution < 1.29 is 4.52 Å². The summed E-state index contributed by atoms with van der Waals surface area (Å²) in [6.45, 7) is 2.20. The predicted molar refractivity (Wildman–Crippen MR) is 74.3 cm³/mol. The number of rotatable bonds is 3. The predicted octanol–water partition coefficient (Wildman–Crippen LogP) is 3.26. The maximum atomic E-state index is 5.43. The third kappa shape index (κ3) is 2.49. The van der Waals surface area contributed by atoms with Gasteiger partial charge >= 0.3 is 0 Å². The molecule has 18 heavy (non-hydrogen) atoms. The van der Waals surface area contributed by atoms with Crippen LogP contribution in [0, 0.1) is 5.92 Å². The Morgan fingerprint density at radius 3 is 3.17 bits per heavy atom. The van der Waals surface area contributed by atoms with Crippen molar-refractivity contribution >= 4 is 15.9 Å². The minimum absolute atomic E-state index is 0.670. The fourth-order valence-electron chi connectivity index (χ4n) is 2.45. The van der Waals surface area contributed by atoms with E-state index in [0.717, 1.165) is 40.9 Å². The summed E-state index contributed by atoms with van der Waals surface area (Å²) in [5.41, 5.74) is 2.27. The second kappa shape index (κ2) is 5.24. The highest BCUT2D eigenvalue weighted by atomic mass is 79.9. The van der Waals surface area contributed by atoms with Crippen LogP contribution in [0.5, 0.6) is 0 Å². The fraction of sp³-hybridized carbons (Fsp3) is 0.357. The highest BCUT2D eigenvalue weighted by Crippen LogP contribution is 2.28. The molecule has 3 nitrogen and oxygen atoms in total. The molecule has 1 unspecified atom stereocenters. The Hall–Kier alpha value is -1.13. The summed E-state index contributed by atoms with van der Waals surface area (Å²) in [5, 5.41) is 7.34. The largest absolute Gasteiger partial charge is 0.361 e. The maximum Gasteiger partial charge on any atom is 0.144 e. The Morgan fingerprint density at radius 2 is 2.39 bits per heavy atom. The number of hydrogen-bond acceptors (Lipinski definition) is 3. The van der Waals surface area contributed by atoms with Crippen LogP contribution in [0.25, 0.3) is 11.1 Å². The van der Waals surface area contributed by atoms with Crippen LogP contribution in [0.1, 0.15) is 12.2 Å². The number of nitrogens with one attached hydrogen (secondary N) is 1. The number of halogens is 1. The summed E-state index contributed by atoms with van der Waals surface area (Å²) in [5.74, 6) is 1.67. The van der Waals surface area contributed by atoms with E-state index in [2.05, 4.69) is 38.5 Å². The number of hydrogen-bond donors (Lipinski definition) is 1. The molecule has 1 saturated heterocycles. The van der Waals surface area contributed by atoms with E-state index in [1.165, 1.54) is 6.42 Å². The van der Waals surface area contributed by atoms with Gasteiger partial charge in [-0.2, -0.15) is 0 Å². The van der Waals surface area contributed by atoms with E-state index in [9.17, 15) is 0 Å². The van der Waals surface area contributed by atoms with Gasteiger partial charge in [0.25, 0.3) is 0 Å². The third-order valence-corrected chi connectivity index (χ3v) is 3.91. The SMILES string of the molecule is Brc1cccc(-c2cnoc2CC2CCNC2)c1. The number of aromatic nitrogens is 1. The van der Waals surface area contributed by atoms with E-state index >= 15 is 0 Å². The van der Waals surface area contributed by atoms with Crippen molar-refractivity contribution in [2.24, 2.45) is 5.92 Å². The molecule has 1 aliphatic heterocycles. The Bertz CT molecular complexity index is 532. The lowest BCUT2D eigenvalue weighted by atomic mass is 9.98. The summed E-state index contributed by atoms with van der Waals surface area (Å²) in [6.07, 6.45) is 4.01. The van der Waals surface area contributed by atoms with Crippen molar-refractivity contribution in [3.05, 3.63) is 40.7 Å². The average Bonchev–Trinajstić information content (AvgIpc) is 3.01. The first-order valence-corrected chi connectivity index (χ1v) is 7.02. The Kier molecular flexibility index (Phi) is 3.48. The number of nitrogens with zero attached hydrogens (tertiary/aromatic N) is 1. The Morgan fingerprint density at radius 1 is 1.44 bits per heavy atom. The van der Waals surface area contributed by atoms with E-state index in [4.69, 9.17) is 4.52 Å². The molecule has 4 heteroatoms. The van der Waals surface area contributed by atoms with Gasteiger partial charge in [0.2, 0.25) is 0 Å². The van der Waals surface area contributed by atoms with Crippen LogP contribution in [-0.4, -0.2) is 18.2 Å². The van der Waals surface area contributed by atoms with Gasteiger partial charge in [0.1, 0.15) is 5.76 Å². The topological polar surface area (TPSA) is 38.1 Å². The zero-order valence-corrected chi connectivity index (χ0v) is 11.6. The van der Waals surface area contributed by atoms with Crippen molar-refractivity contribution in [1.29, 1.82) is 0 Å². The van der Waals surface area contributed by atoms with E-state index in [1.807, 2.05) is 18.3 Å². The van der Waals surface area contributed by atoms with Crippen LogP contribution in [0.2, 0.25) is 0 Å². The molecule has 0 spiro atoms. The van der Waals surface area contributed by atoms with Crippen LogP contribution < -0.4 is 5.32 Å². The van der Waals surface area contributed by atoms with Crippen molar-refractivity contribution in [3.63, 3.8) is 0 Å². The molecule has 3 rings (SSSR count). The lowest BCUT2D eigenvalue weighted by Gasteiger charge is -2.07. The lowest BCUT2D eigenvalue weighted by Crippen LogP contribution is -2.10. The molecule has 2 heterocycles. The van der Waals surface area contributed by atoms with Gasteiger partial charge in [0.15, 0.2) is 0 Å². The van der Waals surface area contributed by atoms with E-state index < -0.39 is 0 Å². The molecule has 94 valence electrons. The molecule has 0 radical (unpaired) electrons. The Balaban J connectivity index is 1.86. The molecule has 0 amide bonds. The van der Waals surface area contributed by atoms with Gasteiger partial charge < -0.3 is 9.84 Å². The van der Waals surface area contributed by atoms with Crippen molar-refractivity contribution in [3.8, 4) is 11.1 Å². The quantitative estimate of drug-likeness (QED) is 0.946. The van der Waals surface area contributed by atoms with Crippen LogP contribution >= 0.6 is 15.9 Å². The smallest absolute Gasteiger partial charge is 0.144 e. The average molecular weight is 307 g/mol. The fourth-order valence-corrected chi connectivity index (χ4v) is 2.85. The third-order valence-electron chi connectivity index (χ3n) is 3.42. The maximum absolute atomic E-state index is 5.43. The van der Waals surface area contributed by atoms with Gasteiger partial charge in [-0.1, -0.05) is 33.2 Å². The van der Waals surface area contributed by atoms with Gasteiger partial charge in [-0.3, -0.25) is 0 Å². The van der Waals surface area contributed by atoms with Gasteiger partial charge in [0, 0.05) is 16.5 Å². The molecule has 1 fully saturated rings. The first kappa shape index (κ1) is 11.9. The zero-order chi connectivity index (χ0) is 12.4. The molecule has 1 aliphatic rings. The lowest BCUT2D eigenvalue weighted by molar-refractivity contribution is 0.364. The highest BCUT2D eigenvalue weighted by Gasteiger charge is 2.19. The zero-order valence-electron chi connectivity index (χ0n) is 10.0. The van der Waals surface area contributed by atoms with Crippen LogP contribution in [-0.2, 0) is 6.42 Å². The van der Waals surface area contributed by atoms with Crippen molar-refractivity contribution in [1.82, 2.24) is 10.5 Å². The van der Waals surface area contributed by atoms with Crippen molar-refractivity contribution in [2.45, 2.75) is 12.8 Å². The van der Waals surface area contributed by atoms with E-state index in [-0.39, 0.29) is 0 Å². The molecule has 1 aromatic carbocycles. The molecule has 2 aromatic rings. The van der Waals surface area contributed by atoms with Gasteiger partial charge in [-0.15, -0.1) is 0 Å². The minimum atomic E-state index is 0.670. The summed E-state index contributed by atoms with van der Waals surface area (Å²) in [4.78, 5) is 0. The first-order valence-electron chi connectivity index (χ1n) is 6.23. The molecule has 1 N–H and O–H groups in total. The van der Waals surface area contributed by atoms with E-state index in [1.54, 1.807) is 0 Å². The number of benzene rings is 1. The van der Waals surface area contributed by atoms with Crippen LogP contribution in [0.15, 0.2) is 39.5 Å². The normalized spacial score (nSPS) is 19.3. The molecule has 0 saturated carbocycles. The molecule has 0 bridgehead atoms. The Labute approximate surface area is 115 Å². The van der Waals surface area contributed by atoms with Crippen LogP contribution in [0.4, 0.5) is 0 Å². The molecular weight excluding hydrogens is 292 g/mol. The second-order valence-electron chi connectivity index (χ2n) is 4.74. The molecule has 1 aromatic heterocycles.